The molecule has 0 spiro atoms. The third kappa shape index (κ3) is 5.37. The lowest BCUT2D eigenvalue weighted by atomic mass is 9.89. The highest BCUT2D eigenvalue weighted by Gasteiger charge is 2.35. The Hall–Kier alpha value is -2.37. The largest absolute Gasteiger partial charge is 0.342 e. The van der Waals surface area contributed by atoms with E-state index in [1.54, 1.807) is 0 Å². The van der Waals surface area contributed by atoms with Crippen LogP contribution in [0.2, 0.25) is 0 Å². The quantitative estimate of drug-likeness (QED) is 0.849. The predicted octanol–water partition coefficient (Wildman–Crippen LogP) is 3.15. The molecule has 0 atom stereocenters. The molecule has 2 fully saturated rings. The molecule has 2 heterocycles. The fraction of sp³-hybridized carbons (Fsp3) is 0.609. The first-order valence-electron chi connectivity index (χ1n) is 10.7. The van der Waals surface area contributed by atoms with Crippen LogP contribution >= 0.6 is 0 Å². The van der Waals surface area contributed by atoms with Crippen LogP contribution < -0.4 is 5.32 Å². The first-order chi connectivity index (χ1) is 13.8. The zero-order chi connectivity index (χ0) is 21.0. The molecule has 6 nitrogen and oxygen atoms in total. The molecule has 0 aromatic heterocycles. The van der Waals surface area contributed by atoms with Gasteiger partial charge >= 0.3 is 0 Å². The van der Waals surface area contributed by atoms with Crippen molar-refractivity contribution >= 4 is 23.4 Å². The number of amides is 3. The SMILES string of the molecule is CC(C)(C)C(=O)N1CCC(C(=O)N2CCC(C(=O)Nc3ccccc3)CC2)CC1. The van der Waals surface area contributed by atoms with Crippen LogP contribution in [0.15, 0.2) is 30.3 Å². The number of para-hydroxylation sites is 1. The van der Waals surface area contributed by atoms with Gasteiger partial charge in [0.15, 0.2) is 0 Å². The molecule has 3 rings (SSSR count). The van der Waals surface area contributed by atoms with E-state index in [4.69, 9.17) is 0 Å². The Morgan fingerprint density at radius 1 is 0.828 bits per heavy atom. The number of nitrogens with zero attached hydrogens (tertiary/aromatic N) is 2. The Balaban J connectivity index is 1.45. The second-order valence-electron chi connectivity index (χ2n) is 9.27. The summed E-state index contributed by atoms with van der Waals surface area (Å²) in [5.74, 6) is 0.333. The summed E-state index contributed by atoms with van der Waals surface area (Å²) in [6.45, 7) is 8.38. The van der Waals surface area contributed by atoms with Crippen LogP contribution in [0.3, 0.4) is 0 Å². The maximum atomic E-state index is 12.9. The van der Waals surface area contributed by atoms with Crippen LogP contribution in [0.5, 0.6) is 0 Å². The van der Waals surface area contributed by atoms with E-state index in [-0.39, 0.29) is 35.0 Å². The molecule has 2 saturated heterocycles. The smallest absolute Gasteiger partial charge is 0.227 e. The average Bonchev–Trinajstić information content (AvgIpc) is 2.73. The highest BCUT2D eigenvalue weighted by molar-refractivity contribution is 5.92. The first kappa shape index (κ1) is 21.3. The molecule has 0 unspecified atom stereocenters. The average molecular weight is 400 g/mol. The molecule has 1 N–H and O–H groups in total. The summed E-state index contributed by atoms with van der Waals surface area (Å²) in [5, 5.41) is 2.97. The van der Waals surface area contributed by atoms with Crippen molar-refractivity contribution in [2.45, 2.75) is 46.5 Å². The molecule has 0 saturated carbocycles. The molecule has 0 bridgehead atoms. The fourth-order valence-electron chi connectivity index (χ4n) is 4.19. The highest BCUT2D eigenvalue weighted by Crippen LogP contribution is 2.27. The second-order valence-corrected chi connectivity index (χ2v) is 9.27. The van der Waals surface area contributed by atoms with Crippen molar-refractivity contribution in [1.82, 2.24) is 9.80 Å². The third-order valence-electron chi connectivity index (χ3n) is 5.99. The lowest BCUT2D eigenvalue weighted by Gasteiger charge is -2.38. The normalized spacial score (nSPS) is 19.1. The molecule has 158 valence electrons. The van der Waals surface area contributed by atoms with E-state index in [0.29, 0.717) is 39.0 Å². The number of benzene rings is 1. The van der Waals surface area contributed by atoms with Gasteiger partial charge in [0.05, 0.1) is 0 Å². The van der Waals surface area contributed by atoms with Gasteiger partial charge in [-0.3, -0.25) is 14.4 Å². The zero-order valence-corrected chi connectivity index (χ0v) is 17.8. The minimum Gasteiger partial charge on any atom is -0.342 e. The van der Waals surface area contributed by atoms with Crippen molar-refractivity contribution in [2.24, 2.45) is 17.3 Å². The van der Waals surface area contributed by atoms with Gasteiger partial charge in [-0.15, -0.1) is 0 Å². The maximum absolute atomic E-state index is 12.9. The van der Waals surface area contributed by atoms with Crippen LogP contribution in [0.1, 0.15) is 46.5 Å². The zero-order valence-electron chi connectivity index (χ0n) is 17.8. The van der Waals surface area contributed by atoms with Gasteiger partial charge in [-0.2, -0.15) is 0 Å². The van der Waals surface area contributed by atoms with Crippen molar-refractivity contribution < 1.29 is 14.4 Å². The van der Waals surface area contributed by atoms with E-state index in [1.807, 2.05) is 60.9 Å². The van der Waals surface area contributed by atoms with Gasteiger partial charge in [-0.25, -0.2) is 0 Å². The molecular weight excluding hydrogens is 366 g/mol. The van der Waals surface area contributed by atoms with Crippen LogP contribution in [-0.2, 0) is 14.4 Å². The first-order valence-corrected chi connectivity index (χ1v) is 10.7. The monoisotopic (exact) mass is 399 g/mol. The molecule has 0 aliphatic carbocycles. The number of likely N-dealkylation sites (tertiary alicyclic amines) is 2. The number of rotatable bonds is 3. The highest BCUT2D eigenvalue weighted by atomic mass is 16.2. The van der Waals surface area contributed by atoms with Crippen molar-refractivity contribution in [3.8, 4) is 0 Å². The summed E-state index contributed by atoms with van der Waals surface area (Å²) < 4.78 is 0. The van der Waals surface area contributed by atoms with Gasteiger partial charge in [0, 0.05) is 49.1 Å². The van der Waals surface area contributed by atoms with Gasteiger partial charge in [-0.1, -0.05) is 39.0 Å². The maximum Gasteiger partial charge on any atom is 0.227 e. The van der Waals surface area contributed by atoms with E-state index >= 15 is 0 Å². The lowest BCUT2D eigenvalue weighted by Crippen LogP contribution is -2.49. The van der Waals surface area contributed by atoms with Crippen LogP contribution in [0, 0.1) is 17.3 Å². The van der Waals surface area contributed by atoms with Crippen molar-refractivity contribution in [3.05, 3.63) is 30.3 Å². The Bertz CT molecular complexity index is 725. The van der Waals surface area contributed by atoms with Crippen molar-refractivity contribution in [2.75, 3.05) is 31.5 Å². The minimum atomic E-state index is -0.376. The Kier molecular flexibility index (Phi) is 6.60. The predicted molar refractivity (Wildman–Crippen MR) is 113 cm³/mol. The Labute approximate surface area is 173 Å². The molecule has 2 aliphatic rings. The number of carbonyl (C=O) groups is 3. The van der Waals surface area contributed by atoms with E-state index in [0.717, 1.165) is 18.5 Å². The van der Waals surface area contributed by atoms with Crippen molar-refractivity contribution in [3.63, 3.8) is 0 Å². The van der Waals surface area contributed by atoms with Crippen LogP contribution in [-0.4, -0.2) is 53.7 Å². The van der Waals surface area contributed by atoms with E-state index in [9.17, 15) is 14.4 Å². The number of hydrogen-bond donors (Lipinski definition) is 1. The fourth-order valence-corrected chi connectivity index (χ4v) is 4.19. The summed E-state index contributed by atoms with van der Waals surface area (Å²) in [7, 11) is 0. The summed E-state index contributed by atoms with van der Waals surface area (Å²) in [5.41, 5.74) is 0.437. The molecule has 6 heteroatoms. The second kappa shape index (κ2) is 8.97. The van der Waals surface area contributed by atoms with Gasteiger partial charge in [0.25, 0.3) is 0 Å². The number of carbonyl (C=O) groups excluding carboxylic acids is 3. The van der Waals surface area contributed by atoms with E-state index in [2.05, 4.69) is 5.32 Å². The number of anilines is 1. The van der Waals surface area contributed by atoms with Crippen molar-refractivity contribution in [1.29, 1.82) is 0 Å². The molecular formula is C23H33N3O3. The van der Waals surface area contributed by atoms with Gasteiger partial charge in [-0.05, 0) is 37.8 Å². The van der Waals surface area contributed by atoms with E-state index < -0.39 is 0 Å². The summed E-state index contributed by atoms with van der Waals surface area (Å²) in [6.07, 6.45) is 2.86. The number of hydrogen-bond acceptors (Lipinski definition) is 3. The molecule has 29 heavy (non-hydrogen) atoms. The van der Waals surface area contributed by atoms with Gasteiger partial charge in [0.1, 0.15) is 0 Å². The number of piperidine rings is 2. The Morgan fingerprint density at radius 2 is 1.34 bits per heavy atom. The van der Waals surface area contributed by atoms with Gasteiger partial charge < -0.3 is 15.1 Å². The van der Waals surface area contributed by atoms with Gasteiger partial charge in [0.2, 0.25) is 17.7 Å². The van der Waals surface area contributed by atoms with Crippen LogP contribution in [0.4, 0.5) is 5.69 Å². The molecule has 2 aliphatic heterocycles. The summed E-state index contributed by atoms with van der Waals surface area (Å²) in [6, 6.07) is 9.48. The van der Waals surface area contributed by atoms with E-state index in [1.165, 1.54) is 0 Å². The lowest BCUT2D eigenvalue weighted by molar-refractivity contribution is -0.145. The minimum absolute atomic E-state index is 0.00582. The third-order valence-corrected chi connectivity index (χ3v) is 5.99. The topological polar surface area (TPSA) is 69.7 Å². The number of nitrogens with one attached hydrogen (secondary N) is 1. The molecule has 0 radical (unpaired) electrons. The van der Waals surface area contributed by atoms with Crippen LogP contribution in [0.25, 0.3) is 0 Å². The summed E-state index contributed by atoms with van der Waals surface area (Å²) >= 11 is 0. The molecule has 1 aromatic carbocycles. The molecule has 3 amide bonds. The Morgan fingerprint density at radius 3 is 1.90 bits per heavy atom. The molecule has 1 aromatic rings. The standard InChI is InChI=1S/C23H33N3O3/c1-23(2,3)22(29)26-15-11-18(12-16-26)21(28)25-13-9-17(10-14-25)20(27)24-19-7-5-4-6-8-19/h4-8,17-18H,9-16H2,1-3H3,(H,24,27). The summed E-state index contributed by atoms with van der Waals surface area (Å²) in [4.78, 5) is 41.6.